The third-order valence-corrected chi connectivity index (χ3v) is 10.0. The number of hydrogen-bond donors (Lipinski definition) is 1. The lowest BCUT2D eigenvalue weighted by atomic mass is 9.49. The van der Waals surface area contributed by atoms with Crippen LogP contribution >= 0.6 is 11.3 Å². The van der Waals surface area contributed by atoms with E-state index in [4.69, 9.17) is 4.74 Å². The van der Waals surface area contributed by atoms with Crippen molar-refractivity contribution in [2.24, 2.45) is 34.5 Å². The van der Waals surface area contributed by atoms with E-state index < -0.39 is 0 Å². The normalized spacial score (nSPS) is 33.8. The van der Waals surface area contributed by atoms with Crippen LogP contribution in [0.5, 0.6) is 0 Å². The molecule has 6 rings (SSSR count). The average Bonchev–Trinajstić information content (AvgIpc) is 3.01. The van der Waals surface area contributed by atoms with Crippen LogP contribution in [0.1, 0.15) is 92.9 Å². The van der Waals surface area contributed by atoms with E-state index in [0.29, 0.717) is 17.9 Å². The summed E-state index contributed by atoms with van der Waals surface area (Å²) < 4.78 is 5.13. The Bertz CT molecular complexity index is 858. The smallest absolute Gasteiger partial charge is 0.341 e. The number of ether oxygens (including phenoxy) is 1. The van der Waals surface area contributed by atoms with Crippen LogP contribution in [0.15, 0.2) is 0 Å². The first-order chi connectivity index (χ1) is 14.7. The molecule has 5 aliphatic rings. The molecule has 1 N–H and O–H groups in total. The molecule has 0 aromatic carbocycles. The van der Waals surface area contributed by atoms with Gasteiger partial charge in [-0.15, -0.1) is 11.3 Å². The van der Waals surface area contributed by atoms with E-state index in [1.807, 2.05) is 0 Å². The minimum absolute atomic E-state index is 0.0954. The van der Waals surface area contributed by atoms with Gasteiger partial charge in [-0.05, 0) is 97.9 Å². The molecular weight excluding hydrogens is 406 g/mol. The van der Waals surface area contributed by atoms with Gasteiger partial charge in [0.25, 0.3) is 0 Å². The summed E-state index contributed by atoms with van der Waals surface area (Å²) in [5, 5.41) is 3.91. The fourth-order valence-electron chi connectivity index (χ4n) is 7.75. The highest BCUT2D eigenvalue weighted by Crippen LogP contribution is 2.61. The Morgan fingerprint density at radius 1 is 1.10 bits per heavy atom. The summed E-state index contributed by atoms with van der Waals surface area (Å²) in [6.45, 7) is 6.89. The zero-order valence-electron chi connectivity index (χ0n) is 19.5. The molecule has 1 aromatic rings. The Morgan fingerprint density at radius 2 is 1.71 bits per heavy atom. The maximum Gasteiger partial charge on any atom is 0.341 e. The van der Waals surface area contributed by atoms with Crippen molar-refractivity contribution < 1.29 is 14.3 Å². The van der Waals surface area contributed by atoms with Crippen molar-refractivity contribution in [3.8, 4) is 0 Å². The van der Waals surface area contributed by atoms with Crippen molar-refractivity contribution >= 4 is 28.2 Å². The molecule has 0 unspecified atom stereocenters. The quantitative estimate of drug-likeness (QED) is 0.561. The molecule has 0 radical (unpaired) electrons. The summed E-state index contributed by atoms with van der Waals surface area (Å²) in [7, 11) is 1.44. The predicted octanol–water partition coefficient (Wildman–Crippen LogP) is 6.23. The maximum absolute atomic E-state index is 13.2. The van der Waals surface area contributed by atoms with Crippen molar-refractivity contribution in [1.82, 2.24) is 0 Å². The van der Waals surface area contributed by atoms with Gasteiger partial charge in [-0.3, -0.25) is 4.79 Å². The van der Waals surface area contributed by atoms with Crippen LogP contribution in [-0.2, 0) is 22.4 Å². The van der Waals surface area contributed by atoms with Gasteiger partial charge >= 0.3 is 5.97 Å². The molecule has 1 amide bonds. The monoisotopic (exact) mass is 443 g/mol. The lowest BCUT2D eigenvalue weighted by Gasteiger charge is -2.56. The lowest BCUT2D eigenvalue weighted by molar-refractivity contribution is -0.124. The van der Waals surface area contributed by atoms with Gasteiger partial charge in [0.15, 0.2) is 0 Å². The molecule has 170 valence electrons. The summed E-state index contributed by atoms with van der Waals surface area (Å²) in [6.07, 6.45) is 11.4. The van der Waals surface area contributed by atoms with E-state index >= 15 is 0 Å². The number of carbonyl (C=O) groups excluding carboxylic acids is 2. The largest absolute Gasteiger partial charge is 0.465 e. The van der Waals surface area contributed by atoms with Gasteiger partial charge in [-0.2, -0.15) is 0 Å². The number of esters is 1. The summed E-state index contributed by atoms with van der Waals surface area (Å²) >= 11 is 1.61. The zero-order chi connectivity index (χ0) is 22.0. The molecule has 4 nitrogen and oxygen atoms in total. The van der Waals surface area contributed by atoms with Crippen molar-refractivity contribution in [3.63, 3.8) is 0 Å². The van der Waals surface area contributed by atoms with Crippen molar-refractivity contribution in [2.75, 3.05) is 12.4 Å². The Hall–Kier alpha value is -1.36. The molecule has 4 bridgehead atoms. The molecule has 5 heteroatoms. The number of anilines is 1. The summed E-state index contributed by atoms with van der Waals surface area (Å²) in [6, 6.07) is 0. The molecule has 0 spiro atoms. The Morgan fingerprint density at radius 3 is 2.26 bits per heavy atom. The molecule has 1 heterocycles. The van der Waals surface area contributed by atoms with E-state index in [1.165, 1.54) is 50.5 Å². The third-order valence-electron chi connectivity index (χ3n) is 8.83. The molecule has 4 saturated carbocycles. The van der Waals surface area contributed by atoms with Crippen LogP contribution in [0, 0.1) is 34.5 Å². The van der Waals surface area contributed by atoms with Gasteiger partial charge in [0, 0.05) is 11.3 Å². The number of rotatable bonds is 4. The van der Waals surface area contributed by atoms with Crippen LogP contribution in [0.4, 0.5) is 5.00 Å². The van der Waals surface area contributed by atoms with Gasteiger partial charge in [0.2, 0.25) is 5.91 Å². The molecule has 1 atom stereocenters. The number of hydrogen-bond acceptors (Lipinski definition) is 4. The summed E-state index contributed by atoms with van der Waals surface area (Å²) in [5.74, 6) is 2.91. The minimum Gasteiger partial charge on any atom is -0.465 e. The second kappa shape index (κ2) is 7.60. The SMILES string of the molecule is COC(=O)c1c(NC(=O)CC23CC4CC(CC(C4)C2)C3)sc2c1CC[C@H](C(C)(C)C)C2. The highest BCUT2D eigenvalue weighted by molar-refractivity contribution is 7.17. The summed E-state index contributed by atoms with van der Waals surface area (Å²) in [4.78, 5) is 27.2. The molecule has 0 saturated heterocycles. The van der Waals surface area contributed by atoms with Crippen molar-refractivity contribution in [3.05, 3.63) is 16.0 Å². The number of fused-ring (bicyclic) bond motifs is 1. The lowest BCUT2D eigenvalue weighted by Crippen LogP contribution is -2.47. The molecule has 31 heavy (non-hydrogen) atoms. The van der Waals surface area contributed by atoms with Gasteiger partial charge < -0.3 is 10.1 Å². The van der Waals surface area contributed by atoms with Crippen LogP contribution in [0.3, 0.4) is 0 Å². The van der Waals surface area contributed by atoms with Crippen molar-refractivity contribution in [2.45, 2.75) is 85.0 Å². The van der Waals surface area contributed by atoms with E-state index in [-0.39, 0.29) is 22.7 Å². The molecule has 0 aliphatic heterocycles. The van der Waals surface area contributed by atoms with Crippen LogP contribution in [0.2, 0.25) is 0 Å². The Labute approximate surface area is 190 Å². The zero-order valence-corrected chi connectivity index (χ0v) is 20.3. The standard InChI is InChI=1S/C26H37NO3S/c1-25(2,3)18-5-6-19-20(10-18)31-23(22(19)24(29)30-4)27-21(28)14-26-11-15-7-16(12-26)9-17(8-15)13-26/h15-18H,5-14H2,1-4H3,(H,27,28)/t15?,16?,17?,18-,26?/m0/s1. The number of nitrogens with one attached hydrogen (secondary N) is 1. The first-order valence-electron chi connectivity index (χ1n) is 12.2. The van der Waals surface area contributed by atoms with Gasteiger partial charge in [0.05, 0.1) is 12.7 Å². The number of amides is 1. The maximum atomic E-state index is 13.2. The van der Waals surface area contributed by atoms with Crippen LogP contribution in [0.25, 0.3) is 0 Å². The van der Waals surface area contributed by atoms with Gasteiger partial charge in [-0.25, -0.2) is 4.79 Å². The Kier molecular flexibility index (Phi) is 5.27. The topological polar surface area (TPSA) is 55.4 Å². The summed E-state index contributed by atoms with van der Waals surface area (Å²) in [5.41, 5.74) is 2.18. The first kappa shape index (κ1) is 21.5. The molecule has 5 aliphatic carbocycles. The predicted molar refractivity (Wildman–Crippen MR) is 124 cm³/mol. The third kappa shape index (κ3) is 3.96. The minimum atomic E-state index is -0.309. The van der Waals surface area contributed by atoms with Crippen LogP contribution < -0.4 is 5.32 Å². The molecule has 4 fully saturated rings. The van der Waals surface area contributed by atoms with Crippen molar-refractivity contribution in [1.29, 1.82) is 0 Å². The van der Waals surface area contributed by atoms with E-state index in [1.54, 1.807) is 11.3 Å². The van der Waals surface area contributed by atoms with Crippen LogP contribution in [-0.4, -0.2) is 19.0 Å². The molecule has 1 aromatic heterocycles. The van der Waals surface area contributed by atoms with E-state index in [0.717, 1.165) is 47.6 Å². The highest BCUT2D eigenvalue weighted by Gasteiger charge is 2.51. The fraction of sp³-hybridized carbons (Fsp3) is 0.769. The number of methoxy groups -OCH3 is 1. The number of carbonyl (C=O) groups is 2. The second-order valence-electron chi connectivity index (χ2n) is 12.1. The second-order valence-corrected chi connectivity index (χ2v) is 13.3. The van der Waals surface area contributed by atoms with E-state index in [9.17, 15) is 9.59 Å². The van der Waals surface area contributed by atoms with Gasteiger partial charge in [0.1, 0.15) is 5.00 Å². The van der Waals surface area contributed by atoms with E-state index in [2.05, 4.69) is 26.1 Å². The number of thiophene rings is 1. The Balaban J connectivity index is 1.36. The first-order valence-corrected chi connectivity index (χ1v) is 13.0. The molecular formula is C26H37NO3S. The fourth-order valence-corrected chi connectivity index (χ4v) is 9.08. The highest BCUT2D eigenvalue weighted by atomic mass is 32.1. The van der Waals surface area contributed by atoms with Gasteiger partial charge in [-0.1, -0.05) is 20.8 Å². The average molecular weight is 444 g/mol.